The number of anilines is 1. The second kappa shape index (κ2) is 7.66. The molecule has 0 bridgehead atoms. The van der Waals surface area contributed by atoms with E-state index in [2.05, 4.69) is 15.3 Å². The van der Waals surface area contributed by atoms with Crippen molar-refractivity contribution < 1.29 is 9.59 Å². The molecule has 1 heterocycles. The first-order valence-corrected chi connectivity index (χ1v) is 8.87. The van der Waals surface area contributed by atoms with Crippen LogP contribution in [0.5, 0.6) is 0 Å². The van der Waals surface area contributed by atoms with Crippen LogP contribution in [0.2, 0.25) is 0 Å². The van der Waals surface area contributed by atoms with Gasteiger partial charge in [0.1, 0.15) is 5.78 Å². The van der Waals surface area contributed by atoms with Gasteiger partial charge in [0, 0.05) is 11.1 Å². The van der Waals surface area contributed by atoms with E-state index in [0.717, 1.165) is 16.9 Å². The topological polar surface area (TPSA) is 74.8 Å². The predicted octanol–water partition coefficient (Wildman–Crippen LogP) is 3.75. The largest absolute Gasteiger partial charge is 0.345 e. The van der Waals surface area contributed by atoms with Gasteiger partial charge in [0.15, 0.2) is 0 Å². The van der Waals surface area contributed by atoms with Crippen LogP contribution in [0.15, 0.2) is 36.8 Å². The van der Waals surface area contributed by atoms with Crippen LogP contribution >= 0.6 is 11.8 Å². The molecule has 0 saturated carbocycles. The van der Waals surface area contributed by atoms with Crippen LogP contribution in [-0.4, -0.2) is 32.7 Å². The lowest BCUT2D eigenvalue weighted by Gasteiger charge is -2.18. The molecular weight excluding hydrogens is 322 g/mol. The average molecular weight is 345 g/mol. The van der Waals surface area contributed by atoms with E-state index in [9.17, 15) is 9.59 Å². The van der Waals surface area contributed by atoms with Crippen molar-refractivity contribution in [1.29, 1.82) is 0 Å². The number of nitrogens with one attached hydrogen (secondary N) is 2. The normalized spacial score (nSPS) is 12.7. The summed E-state index contributed by atoms with van der Waals surface area (Å²) in [6.45, 7) is 7.49. The van der Waals surface area contributed by atoms with Gasteiger partial charge >= 0.3 is 0 Å². The summed E-state index contributed by atoms with van der Waals surface area (Å²) in [4.78, 5) is 31.2. The quantitative estimate of drug-likeness (QED) is 0.836. The molecule has 2 N–H and O–H groups in total. The van der Waals surface area contributed by atoms with Gasteiger partial charge in [-0.2, -0.15) is 0 Å². The second-order valence-corrected chi connectivity index (χ2v) is 7.99. The minimum absolute atomic E-state index is 0.101. The Labute approximate surface area is 146 Å². The Morgan fingerprint density at radius 3 is 2.46 bits per heavy atom. The number of amides is 1. The molecule has 0 spiro atoms. The highest BCUT2D eigenvalue weighted by Gasteiger charge is 2.23. The molecule has 128 valence electrons. The molecule has 1 aromatic carbocycles. The molecule has 0 saturated heterocycles. The number of carbonyl (C=O) groups is 2. The standard InChI is InChI=1S/C18H23N3O2S/c1-12(24-10-16(22)18(2,3)4)17(23)21-14-7-5-13(6-8-14)15-9-19-11-20-15/h5-9,11-12H,10H2,1-4H3,(H,19,20)(H,21,23)/t12-/m1/s1. The number of hydrogen-bond acceptors (Lipinski definition) is 4. The predicted molar refractivity (Wildman–Crippen MR) is 99.0 cm³/mol. The third-order valence-corrected chi connectivity index (χ3v) is 4.77. The summed E-state index contributed by atoms with van der Waals surface area (Å²) < 4.78 is 0. The lowest BCUT2D eigenvalue weighted by atomic mass is 9.92. The molecule has 24 heavy (non-hydrogen) atoms. The number of aromatic amines is 1. The monoisotopic (exact) mass is 345 g/mol. The SMILES string of the molecule is C[C@@H](SCC(=O)C(C)(C)C)C(=O)Nc1ccc(-c2cnc[nH]2)cc1. The van der Waals surface area contributed by atoms with Crippen molar-refractivity contribution in [2.45, 2.75) is 32.9 Å². The summed E-state index contributed by atoms with van der Waals surface area (Å²) in [5.74, 6) is 0.392. The fourth-order valence-electron chi connectivity index (χ4n) is 1.88. The van der Waals surface area contributed by atoms with Gasteiger partial charge in [-0.25, -0.2) is 4.98 Å². The zero-order valence-electron chi connectivity index (χ0n) is 14.4. The smallest absolute Gasteiger partial charge is 0.237 e. The van der Waals surface area contributed by atoms with Gasteiger partial charge in [0.05, 0.1) is 29.2 Å². The molecule has 0 fully saturated rings. The van der Waals surface area contributed by atoms with Crippen LogP contribution in [0, 0.1) is 5.41 Å². The highest BCUT2D eigenvalue weighted by Crippen LogP contribution is 2.22. The molecule has 1 amide bonds. The van der Waals surface area contributed by atoms with E-state index >= 15 is 0 Å². The van der Waals surface area contributed by atoms with Crippen molar-refractivity contribution in [3.8, 4) is 11.3 Å². The van der Waals surface area contributed by atoms with Crippen LogP contribution in [0.25, 0.3) is 11.3 Å². The number of ketones is 1. The first-order valence-electron chi connectivity index (χ1n) is 7.82. The molecule has 0 unspecified atom stereocenters. The molecule has 2 rings (SSSR count). The van der Waals surface area contributed by atoms with Crippen molar-refractivity contribution in [2.75, 3.05) is 11.1 Å². The van der Waals surface area contributed by atoms with Crippen LogP contribution in [0.3, 0.4) is 0 Å². The van der Waals surface area contributed by atoms with Gasteiger partial charge in [0.2, 0.25) is 5.91 Å². The van der Waals surface area contributed by atoms with Crippen molar-refractivity contribution in [3.05, 3.63) is 36.8 Å². The van der Waals surface area contributed by atoms with Gasteiger partial charge in [-0.3, -0.25) is 9.59 Å². The summed E-state index contributed by atoms with van der Waals surface area (Å²) in [5.41, 5.74) is 2.30. The number of imidazole rings is 1. The van der Waals surface area contributed by atoms with Gasteiger partial charge in [-0.05, 0) is 24.6 Å². The van der Waals surface area contributed by atoms with E-state index in [-0.39, 0.29) is 22.4 Å². The molecule has 0 aliphatic carbocycles. The van der Waals surface area contributed by atoms with E-state index in [1.807, 2.05) is 52.0 Å². The number of hydrogen-bond donors (Lipinski definition) is 2. The van der Waals surface area contributed by atoms with Gasteiger partial charge < -0.3 is 10.3 Å². The average Bonchev–Trinajstić information content (AvgIpc) is 3.06. The van der Waals surface area contributed by atoms with Crippen LogP contribution in [0.4, 0.5) is 5.69 Å². The summed E-state index contributed by atoms with van der Waals surface area (Å²) in [5, 5.41) is 2.59. The number of H-pyrrole nitrogens is 1. The van der Waals surface area contributed by atoms with Crippen molar-refractivity contribution in [3.63, 3.8) is 0 Å². The Morgan fingerprint density at radius 2 is 1.92 bits per heavy atom. The maximum absolute atomic E-state index is 12.2. The lowest BCUT2D eigenvalue weighted by Crippen LogP contribution is -2.27. The summed E-state index contributed by atoms with van der Waals surface area (Å²) in [6.07, 6.45) is 3.38. The fraction of sp³-hybridized carbons (Fsp3) is 0.389. The van der Waals surface area contributed by atoms with Crippen LogP contribution in [0.1, 0.15) is 27.7 Å². The van der Waals surface area contributed by atoms with Gasteiger partial charge in [0.25, 0.3) is 0 Å². The number of aromatic nitrogens is 2. The second-order valence-electron chi connectivity index (χ2n) is 6.66. The lowest BCUT2D eigenvalue weighted by molar-refractivity contribution is -0.123. The third kappa shape index (κ3) is 4.96. The Morgan fingerprint density at radius 1 is 1.25 bits per heavy atom. The number of rotatable bonds is 6. The van der Waals surface area contributed by atoms with Crippen molar-refractivity contribution >= 4 is 29.1 Å². The van der Waals surface area contributed by atoms with E-state index in [0.29, 0.717) is 5.75 Å². The maximum Gasteiger partial charge on any atom is 0.237 e. The molecule has 1 aromatic heterocycles. The first kappa shape index (κ1) is 18.3. The van der Waals surface area contributed by atoms with Gasteiger partial charge in [-0.1, -0.05) is 32.9 Å². The van der Waals surface area contributed by atoms with E-state index in [4.69, 9.17) is 0 Å². The van der Waals surface area contributed by atoms with Crippen molar-refractivity contribution in [2.24, 2.45) is 5.41 Å². The fourth-order valence-corrected chi connectivity index (χ4v) is 2.93. The van der Waals surface area contributed by atoms with E-state index in [1.54, 1.807) is 12.5 Å². The number of nitrogens with zero attached hydrogens (tertiary/aromatic N) is 1. The van der Waals surface area contributed by atoms with Gasteiger partial charge in [-0.15, -0.1) is 11.8 Å². The Kier molecular flexibility index (Phi) is 5.83. The first-order chi connectivity index (χ1) is 11.3. The molecular formula is C18H23N3O2S. The molecule has 0 aliphatic rings. The maximum atomic E-state index is 12.2. The van der Waals surface area contributed by atoms with E-state index in [1.165, 1.54) is 11.8 Å². The van der Waals surface area contributed by atoms with Crippen LogP contribution in [-0.2, 0) is 9.59 Å². The highest BCUT2D eigenvalue weighted by atomic mass is 32.2. The Balaban J connectivity index is 1.88. The molecule has 1 atom stereocenters. The third-order valence-electron chi connectivity index (χ3n) is 3.63. The van der Waals surface area contributed by atoms with Crippen molar-refractivity contribution in [1.82, 2.24) is 9.97 Å². The number of Topliss-reactive ketones (excluding diaryl/α,β-unsaturated/α-hetero) is 1. The Bertz CT molecular complexity index is 688. The Hall–Kier alpha value is -2.08. The molecule has 2 aromatic rings. The number of carbonyl (C=O) groups excluding carboxylic acids is 2. The molecule has 0 radical (unpaired) electrons. The number of benzene rings is 1. The highest BCUT2D eigenvalue weighted by molar-refractivity contribution is 8.01. The molecule has 0 aliphatic heterocycles. The summed E-state index contributed by atoms with van der Waals surface area (Å²) >= 11 is 1.37. The van der Waals surface area contributed by atoms with Crippen LogP contribution < -0.4 is 5.32 Å². The minimum Gasteiger partial charge on any atom is -0.345 e. The number of thioether (sulfide) groups is 1. The zero-order chi connectivity index (χ0) is 17.7. The molecule has 5 nitrogen and oxygen atoms in total. The molecule has 6 heteroatoms. The summed E-state index contributed by atoms with van der Waals surface area (Å²) in [6, 6.07) is 7.55. The minimum atomic E-state index is -0.369. The zero-order valence-corrected chi connectivity index (χ0v) is 15.2. The summed E-state index contributed by atoms with van der Waals surface area (Å²) in [7, 11) is 0. The van der Waals surface area contributed by atoms with E-state index < -0.39 is 0 Å².